The first kappa shape index (κ1) is 20.6. The van der Waals surface area contributed by atoms with Gasteiger partial charge < -0.3 is 0 Å². The summed E-state index contributed by atoms with van der Waals surface area (Å²) in [6.07, 6.45) is 2.08. The lowest BCUT2D eigenvalue weighted by Crippen LogP contribution is -2.02. The molecule has 0 heterocycles. The maximum absolute atomic E-state index is 14.1. The van der Waals surface area contributed by atoms with Crippen LogP contribution in [0.5, 0.6) is 0 Å². The third kappa shape index (κ3) is 3.37. The van der Waals surface area contributed by atoms with Crippen LogP contribution in [-0.4, -0.2) is 5.78 Å². The molecule has 6 aromatic rings. The number of carbonyl (C=O) groups excluding carboxylic acids is 1. The van der Waals surface area contributed by atoms with E-state index in [0.29, 0.717) is 0 Å². The Morgan fingerprint density at radius 1 is 0.389 bits per heavy atom. The van der Waals surface area contributed by atoms with Gasteiger partial charge in [0.25, 0.3) is 0 Å². The van der Waals surface area contributed by atoms with Gasteiger partial charge in [-0.15, -0.1) is 0 Å². The van der Waals surface area contributed by atoms with Gasteiger partial charge in [0.05, 0.1) is 0 Å². The van der Waals surface area contributed by atoms with E-state index in [1.165, 1.54) is 21.5 Å². The molecule has 0 aromatic heterocycles. The van der Waals surface area contributed by atoms with Crippen molar-refractivity contribution in [2.45, 2.75) is 0 Å². The van der Waals surface area contributed by atoms with Crippen LogP contribution in [0.25, 0.3) is 49.0 Å². The zero-order valence-electron chi connectivity index (χ0n) is 19.6. The standard InChI is InChI=1S/C35H22O/c36-35-33(30-17-14-24-8-2-5-11-27(24)20-30)22-32(29-16-13-23-7-1-4-10-26(23)19-29)34(35)31-18-15-25-9-3-6-12-28(25)21-31/h1-22H. The molecule has 0 N–H and O–H groups in total. The van der Waals surface area contributed by atoms with Gasteiger partial charge >= 0.3 is 0 Å². The van der Waals surface area contributed by atoms with E-state index in [2.05, 4.69) is 109 Å². The fourth-order valence-electron chi connectivity index (χ4n) is 5.33. The summed E-state index contributed by atoms with van der Waals surface area (Å²) in [6.45, 7) is 0. The summed E-state index contributed by atoms with van der Waals surface area (Å²) in [7, 11) is 0. The molecule has 0 bridgehead atoms. The molecule has 36 heavy (non-hydrogen) atoms. The van der Waals surface area contributed by atoms with Gasteiger partial charge in [-0.05, 0) is 78.9 Å². The normalized spacial score (nSPS) is 13.7. The monoisotopic (exact) mass is 458 g/mol. The average Bonchev–Trinajstić information content (AvgIpc) is 3.29. The van der Waals surface area contributed by atoms with Crippen molar-refractivity contribution in [3.8, 4) is 0 Å². The first-order chi connectivity index (χ1) is 17.7. The second-order valence-electron chi connectivity index (χ2n) is 9.36. The number of hydrogen-bond acceptors (Lipinski definition) is 1. The summed E-state index contributed by atoms with van der Waals surface area (Å²) in [5.41, 5.74) is 5.44. The van der Waals surface area contributed by atoms with Crippen molar-refractivity contribution in [1.29, 1.82) is 0 Å². The Morgan fingerprint density at radius 3 is 1.36 bits per heavy atom. The molecule has 0 radical (unpaired) electrons. The molecular formula is C35H22O. The highest BCUT2D eigenvalue weighted by Gasteiger charge is 2.29. The number of hydrogen-bond donors (Lipinski definition) is 0. The number of benzene rings is 6. The van der Waals surface area contributed by atoms with Gasteiger partial charge in [-0.2, -0.15) is 0 Å². The fourth-order valence-corrected chi connectivity index (χ4v) is 5.33. The lowest BCUT2D eigenvalue weighted by Gasteiger charge is -2.10. The Labute approximate surface area is 209 Å². The van der Waals surface area contributed by atoms with Crippen molar-refractivity contribution in [2.24, 2.45) is 0 Å². The van der Waals surface area contributed by atoms with Crippen LogP contribution in [0, 0.1) is 0 Å². The van der Waals surface area contributed by atoms with Crippen molar-refractivity contribution >= 4 is 54.8 Å². The summed E-state index contributed by atoms with van der Waals surface area (Å²) in [5.74, 6) is 0.0729. The molecule has 1 heteroatoms. The molecule has 0 saturated carbocycles. The van der Waals surface area contributed by atoms with E-state index in [1.807, 2.05) is 24.3 Å². The van der Waals surface area contributed by atoms with E-state index in [4.69, 9.17) is 0 Å². The molecule has 0 aliphatic heterocycles. The molecule has 7 rings (SSSR count). The third-order valence-electron chi connectivity index (χ3n) is 7.19. The van der Waals surface area contributed by atoms with Crippen LogP contribution in [0.4, 0.5) is 0 Å². The Hall–Kier alpha value is -4.75. The predicted octanol–water partition coefficient (Wildman–Crippen LogP) is 8.72. The van der Waals surface area contributed by atoms with Crippen LogP contribution >= 0.6 is 0 Å². The highest BCUT2D eigenvalue weighted by Crippen LogP contribution is 2.41. The largest absolute Gasteiger partial charge is 0.289 e. The molecule has 0 unspecified atom stereocenters. The molecule has 0 amide bonds. The first-order valence-electron chi connectivity index (χ1n) is 12.2. The number of rotatable bonds is 3. The zero-order valence-corrected chi connectivity index (χ0v) is 19.6. The van der Waals surface area contributed by atoms with Crippen LogP contribution < -0.4 is 0 Å². The quantitative estimate of drug-likeness (QED) is 0.259. The lowest BCUT2D eigenvalue weighted by atomic mass is 9.92. The van der Waals surface area contributed by atoms with Crippen LogP contribution in [0.2, 0.25) is 0 Å². The topological polar surface area (TPSA) is 17.1 Å². The van der Waals surface area contributed by atoms with Gasteiger partial charge in [0, 0.05) is 11.1 Å². The summed E-state index contributed by atoms with van der Waals surface area (Å²) in [6, 6.07) is 44.0. The maximum Gasteiger partial charge on any atom is 0.194 e. The van der Waals surface area contributed by atoms with Crippen LogP contribution in [-0.2, 0) is 4.79 Å². The molecule has 1 aliphatic carbocycles. The molecule has 0 atom stereocenters. The van der Waals surface area contributed by atoms with E-state index in [0.717, 1.165) is 44.2 Å². The van der Waals surface area contributed by atoms with Crippen molar-refractivity contribution in [3.05, 3.63) is 150 Å². The summed E-state index contributed by atoms with van der Waals surface area (Å²) in [4.78, 5) is 14.1. The summed E-state index contributed by atoms with van der Waals surface area (Å²) in [5, 5.41) is 6.96. The molecule has 1 aliphatic rings. The highest BCUT2D eigenvalue weighted by molar-refractivity contribution is 6.51. The minimum Gasteiger partial charge on any atom is -0.289 e. The SMILES string of the molecule is O=C1C(c2ccc3ccccc3c2)=CC(c2ccc3ccccc3c2)=C1c1ccc2ccccc2c1. The number of fused-ring (bicyclic) bond motifs is 3. The number of ketones is 1. The van der Waals surface area contributed by atoms with Crippen molar-refractivity contribution in [2.75, 3.05) is 0 Å². The third-order valence-corrected chi connectivity index (χ3v) is 7.19. The van der Waals surface area contributed by atoms with Crippen molar-refractivity contribution in [3.63, 3.8) is 0 Å². The Kier molecular flexibility index (Phi) is 4.68. The Bertz CT molecular complexity index is 1900. The molecule has 0 fully saturated rings. The maximum atomic E-state index is 14.1. The fraction of sp³-hybridized carbons (Fsp3) is 0. The van der Waals surface area contributed by atoms with E-state index in [1.54, 1.807) is 0 Å². The number of carbonyl (C=O) groups is 1. The van der Waals surface area contributed by atoms with Gasteiger partial charge in [0.2, 0.25) is 0 Å². The van der Waals surface area contributed by atoms with E-state index >= 15 is 0 Å². The minimum atomic E-state index is 0.0729. The lowest BCUT2D eigenvalue weighted by molar-refractivity contribution is -0.108. The van der Waals surface area contributed by atoms with Gasteiger partial charge in [-0.25, -0.2) is 0 Å². The van der Waals surface area contributed by atoms with Crippen LogP contribution in [0.15, 0.2) is 133 Å². The second kappa shape index (κ2) is 8.18. The number of Topliss-reactive ketones (excluding diaryl/α,β-unsaturated/α-hetero) is 1. The zero-order chi connectivity index (χ0) is 24.1. The summed E-state index contributed by atoms with van der Waals surface area (Å²) < 4.78 is 0. The van der Waals surface area contributed by atoms with Gasteiger partial charge in [-0.1, -0.05) is 109 Å². The Balaban J connectivity index is 1.44. The van der Waals surface area contributed by atoms with Crippen molar-refractivity contribution in [1.82, 2.24) is 0 Å². The molecule has 0 saturated heterocycles. The summed E-state index contributed by atoms with van der Waals surface area (Å²) >= 11 is 0. The predicted molar refractivity (Wildman–Crippen MR) is 152 cm³/mol. The highest BCUT2D eigenvalue weighted by atomic mass is 16.1. The first-order valence-corrected chi connectivity index (χ1v) is 12.2. The molecular weight excluding hydrogens is 436 g/mol. The number of allylic oxidation sites excluding steroid dienone is 4. The molecule has 0 spiro atoms. The minimum absolute atomic E-state index is 0.0729. The molecule has 1 nitrogen and oxygen atoms in total. The van der Waals surface area contributed by atoms with Crippen molar-refractivity contribution < 1.29 is 4.79 Å². The van der Waals surface area contributed by atoms with Gasteiger partial charge in [-0.3, -0.25) is 4.79 Å². The van der Waals surface area contributed by atoms with E-state index in [9.17, 15) is 4.79 Å². The second-order valence-corrected chi connectivity index (χ2v) is 9.36. The average molecular weight is 459 g/mol. The van der Waals surface area contributed by atoms with Gasteiger partial charge in [0.15, 0.2) is 5.78 Å². The van der Waals surface area contributed by atoms with E-state index in [-0.39, 0.29) is 5.78 Å². The molecule has 6 aromatic carbocycles. The smallest absolute Gasteiger partial charge is 0.194 e. The van der Waals surface area contributed by atoms with E-state index < -0.39 is 0 Å². The van der Waals surface area contributed by atoms with Gasteiger partial charge in [0.1, 0.15) is 0 Å². The Morgan fingerprint density at radius 2 is 0.806 bits per heavy atom. The van der Waals surface area contributed by atoms with Crippen LogP contribution in [0.1, 0.15) is 16.7 Å². The molecule has 168 valence electrons. The van der Waals surface area contributed by atoms with Crippen LogP contribution in [0.3, 0.4) is 0 Å².